The van der Waals surface area contributed by atoms with E-state index in [0.29, 0.717) is 0 Å². The average molecular weight is 345 g/mol. The molecule has 0 bridgehead atoms. The van der Waals surface area contributed by atoms with Crippen LogP contribution in [0.2, 0.25) is 0 Å². The van der Waals surface area contributed by atoms with Gasteiger partial charge in [0.25, 0.3) is 0 Å². The maximum absolute atomic E-state index is 5.33. The van der Waals surface area contributed by atoms with Crippen molar-refractivity contribution in [3.63, 3.8) is 0 Å². The largest absolute Gasteiger partial charge is 0.497 e. The highest BCUT2D eigenvalue weighted by Gasteiger charge is 2.19. The molecule has 0 saturated carbocycles. The molecule has 2 aromatic carbocycles. The number of aromatic nitrogens is 2. The van der Waals surface area contributed by atoms with E-state index in [0.717, 1.165) is 48.9 Å². The number of benzene rings is 2. The third-order valence-electron chi connectivity index (χ3n) is 4.88. The summed E-state index contributed by atoms with van der Waals surface area (Å²) in [4.78, 5) is 11.9. The number of ether oxygens (including phenoxy) is 1. The highest BCUT2D eigenvalue weighted by Crippen LogP contribution is 2.23. The molecule has 1 aliphatic heterocycles. The van der Waals surface area contributed by atoms with Gasteiger partial charge in [0.2, 0.25) is 0 Å². The van der Waals surface area contributed by atoms with Crippen molar-refractivity contribution in [3.8, 4) is 17.1 Å². The molecule has 2 heterocycles. The maximum atomic E-state index is 5.33. The van der Waals surface area contributed by atoms with Gasteiger partial charge in [-0.2, -0.15) is 0 Å². The van der Waals surface area contributed by atoms with Crippen LogP contribution in [0.3, 0.4) is 0 Å². The van der Waals surface area contributed by atoms with Crippen LogP contribution in [0.15, 0.2) is 54.7 Å². The molecule has 0 unspecified atom stereocenters. The van der Waals surface area contributed by atoms with Crippen molar-refractivity contribution in [2.75, 3.05) is 13.7 Å². The molecule has 0 saturated heterocycles. The lowest BCUT2D eigenvalue weighted by Gasteiger charge is -2.28. The van der Waals surface area contributed by atoms with E-state index in [-0.39, 0.29) is 0 Å². The van der Waals surface area contributed by atoms with Crippen LogP contribution in [0.25, 0.3) is 11.4 Å². The van der Waals surface area contributed by atoms with Gasteiger partial charge in [0.1, 0.15) is 5.75 Å². The predicted octanol–water partition coefficient (Wildman–Crippen LogP) is 4.02. The van der Waals surface area contributed by atoms with Gasteiger partial charge in [-0.25, -0.2) is 9.97 Å². The number of hydrogen-bond acceptors (Lipinski definition) is 4. The zero-order valence-corrected chi connectivity index (χ0v) is 15.3. The van der Waals surface area contributed by atoms with Crippen LogP contribution in [-0.2, 0) is 19.5 Å². The van der Waals surface area contributed by atoms with Gasteiger partial charge in [-0.3, -0.25) is 4.90 Å². The Balaban J connectivity index is 1.53. The molecule has 0 N–H and O–H groups in total. The van der Waals surface area contributed by atoms with Crippen LogP contribution < -0.4 is 4.74 Å². The van der Waals surface area contributed by atoms with Crippen LogP contribution >= 0.6 is 0 Å². The minimum absolute atomic E-state index is 0.812. The van der Waals surface area contributed by atoms with E-state index in [1.807, 2.05) is 18.3 Å². The fourth-order valence-electron chi connectivity index (χ4n) is 3.36. The molecule has 4 rings (SSSR count). The zero-order valence-electron chi connectivity index (χ0n) is 15.3. The van der Waals surface area contributed by atoms with E-state index < -0.39 is 0 Å². The maximum Gasteiger partial charge on any atom is 0.159 e. The Labute approximate surface area is 154 Å². The first-order valence-corrected chi connectivity index (χ1v) is 8.98. The molecule has 1 aliphatic rings. The van der Waals surface area contributed by atoms with Gasteiger partial charge >= 0.3 is 0 Å². The molecular formula is C22H23N3O. The van der Waals surface area contributed by atoms with Gasteiger partial charge in [-0.15, -0.1) is 0 Å². The Morgan fingerprint density at radius 1 is 1.12 bits per heavy atom. The van der Waals surface area contributed by atoms with Crippen molar-refractivity contribution in [3.05, 3.63) is 77.1 Å². The van der Waals surface area contributed by atoms with Crippen LogP contribution in [-0.4, -0.2) is 28.5 Å². The number of aryl methyl sites for hydroxylation is 1. The lowest BCUT2D eigenvalue weighted by molar-refractivity contribution is 0.241. The number of rotatable bonds is 4. The Kier molecular flexibility index (Phi) is 4.67. The monoisotopic (exact) mass is 345 g/mol. The highest BCUT2D eigenvalue weighted by atomic mass is 16.5. The molecule has 132 valence electrons. The first kappa shape index (κ1) is 16.7. The van der Waals surface area contributed by atoms with E-state index in [1.165, 1.54) is 16.7 Å². The topological polar surface area (TPSA) is 38.2 Å². The highest BCUT2D eigenvalue weighted by molar-refractivity contribution is 5.55. The molecule has 26 heavy (non-hydrogen) atoms. The van der Waals surface area contributed by atoms with E-state index in [9.17, 15) is 0 Å². The summed E-state index contributed by atoms with van der Waals surface area (Å²) in [5.74, 6) is 1.72. The predicted molar refractivity (Wildman–Crippen MR) is 103 cm³/mol. The third-order valence-corrected chi connectivity index (χ3v) is 4.88. The summed E-state index contributed by atoms with van der Waals surface area (Å²) in [5.41, 5.74) is 5.99. The summed E-state index contributed by atoms with van der Waals surface area (Å²) >= 11 is 0. The van der Waals surface area contributed by atoms with E-state index in [2.05, 4.69) is 53.2 Å². The number of fused-ring (bicyclic) bond motifs is 1. The van der Waals surface area contributed by atoms with Crippen LogP contribution in [0.1, 0.15) is 22.4 Å². The number of methoxy groups -OCH3 is 1. The fourth-order valence-corrected chi connectivity index (χ4v) is 3.36. The average Bonchev–Trinajstić information content (AvgIpc) is 2.68. The minimum Gasteiger partial charge on any atom is -0.497 e. The van der Waals surface area contributed by atoms with E-state index in [4.69, 9.17) is 9.72 Å². The summed E-state index contributed by atoms with van der Waals surface area (Å²) < 4.78 is 5.33. The van der Waals surface area contributed by atoms with Crippen molar-refractivity contribution >= 4 is 0 Å². The van der Waals surface area contributed by atoms with Crippen molar-refractivity contribution in [1.82, 2.24) is 14.9 Å². The lowest BCUT2D eigenvalue weighted by Crippen LogP contribution is -2.31. The quantitative estimate of drug-likeness (QED) is 0.716. The Morgan fingerprint density at radius 2 is 1.96 bits per heavy atom. The molecule has 4 nitrogen and oxygen atoms in total. The zero-order chi connectivity index (χ0) is 17.9. The standard InChI is InChI=1S/C22H23N3O/c1-16-6-8-18(9-7-16)22-23-13-19-10-11-25(15-21(19)24-22)14-17-4-3-5-20(12-17)26-2/h3-9,12-13H,10-11,14-15H2,1-2H3. The molecule has 0 atom stereocenters. The van der Waals surface area contributed by atoms with Gasteiger partial charge < -0.3 is 4.74 Å². The molecule has 3 aromatic rings. The summed E-state index contributed by atoms with van der Waals surface area (Å²) in [6, 6.07) is 16.7. The molecule has 4 heteroatoms. The molecule has 0 radical (unpaired) electrons. The molecule has 0 spiro atoms. The fraction of sp³-hybridized carbons (Fsp3) is 0.273. The van der Waals surface area contributed by atoms with Crippen molar-refractivity contribution in [2.24, 2.45) is 0 Å². The minimum atomic E-state index is 0.812. The normalized spacial score (nSPS) is 14.1. The van der Waals surface area contributed by atoms with Crippen LogP contribution in [0.4, 0.5) is 0 Å². The Hall–Kier alpha value is -2.72. The van der Waals surface area contributed by atoms with Gasteiger partial charge in [0, 0.05) is 31.4 Å². The lowest BCUT2D eigenvalue weighted by atomic mass is 10.1. The van der Waals surface area contributed by atoms with Gasteiger partial charge in [0.15, 0.2) is 5.82 Å². The summed E-state index contributed by atoms with van der Waals surface area (Å²) in [6.45, 7) is 4.87. The van der Waals surface area contributed by atoms with Crippen molar-refractivity contribution in [2.45, 2.75) is 26.4 Å². The molecule has 1 aromatic heterocycles. The second kappa shape index (κ2) is 7.26. The number of hydrogen-bond donors (Lipinski definition) is 0. The molecule has 0 amide bonds. The first-order valence-electron chi connectivity index (χ1n) is 8.98. The smallest absolute Gasteiger partial charge is 0.159 e. The molecular weight excluding hydrogens is 322 g/mol. The van der Waals surface area contributed by atoms with Gasteiger partial charge in [0.05, 0.1) is 12.8 Å². The van der Waals surface area contributed by atoms with E-state index >= 15 is 0 Å². The van der Waals surface area contributed by atoms with Gasteiger partial charge in [-0.1, -0.05) is 42.0 Å². The third kappa shape index (κ3) is 3.60. The SMILES string of the molecule is COc1cccc(CN2CCc3cnc(-c4ccc(C)cc4)nc3C2)c1. The second-order valence-electron chi connectivity index (χ2n) is 6.84. The van der Waals surface area contributed by atoms with Crippen LogP contribution in [0, 0.1) is 6.92 Å². The summed E-state index contributed by atoms with van der Waals surface area (Å²) in [6.07, 6.45) is 2.99. The Bertz CT molecular complexity index is 906. The van der Waals surface area contributed by atoms with Gasteiger partial charge in [-0.05, 0) is 36.6 Å². The van der Waals surface area contributed by atoms with E-state index in [1.54, 1.807) is 7.11 Å². The molecule has 0 fully saturated rings. The first-order chi connectivity index (χ1) is 12.7. The summed E-state index contributed by atoms with van der Waals surface area (Å²) in [5, 5.41) is 0. The van der Waals surface area contributed by atoms with Crippen molar-refractivity contribution < 1.29 is 4.74 Å². The van der Waals surface area contributed by atoms with Crippen molar-refractivity contribution in [1.29, 1.82) is 0 Å². The van der Waals surface area contributed by atoms with Crippen LogP contribution in [0.5, 0.6) is 5.75 Å². The number of nitrogens with zero attached hydrogens (tertiary/aromatic N) is 3. The summed E-state index contributed by atoms with van der Waals surface area (Å²) in [7, 11) is 1.71. The second-order valence-corrected chi connectivity index (χ2v) is 6.84. The Morgan fingerprint density at radius 3 is 2.77 bits per heavy atom. The molecule has 0 aliphatic carbocycles.